The summed E-state index contributed by atoms with van der Waals surface area (Å²) < 4.78 is 11.3. The van der Waals surface area contributed by atoms with E-state index in [1.165, 1.54) is 67.0 Å². The van der Waals surface area contributed by atoms with E-state index in [4.69, 9.17) is 9.47 Å². The van der Waals surface area contributed by atoms with Crippen molar-refractivity contribution < 1.29 is 9.47 Å². The molecule has 0 atom stereocenters. The first-order valence-corrected chi connectivity index (χ1v) is 15.6. The Morgan fingerprint density at radius 1 is 0.514 bits per heavy atom. The molecule has 3 aromatic rings. The summed E-state index contributed by atoms with van der Waals surface area (Å²) in [5.74, 6) is 0. The third-order valence-electron chi connectivity index (χ3n) is 6.73. The third kappa shape index (κ3) is 8.28. The molecule has 35 heavy (non-hydrogen) atoms. The van der Waals surface area contributed by atoms with Crippen LogP contribution in [0.4, 0.5) is 0 Å². The molecule has 0 unspecified atom stereocenters. The summed E-state index contributed by atoms with van der Waals surface area (Å²) >= 11 is 0. The highest BCUT2D eigenvalue weighted by Gasteiger charge is 2.44. The zero-order valence-corrected chi connectivity index (χ0v) is 22.7. The molecule has 0 aliphatic rings. The van der Waals surface area contributed by atoms with Crippen LogP contribution >= 0.6 is 7.26 Å². The fourth-order valence-electron chi connectivity index (χ4n) is 5.01. The Morgan fingerprint density at radius 2 is 0.886 bits per heavy atom. The van der Waals surface area contributed by atoms with Crippen LogP contribution < -0.4 is 15.9 Å². The van der Waals surface area contributed by atoms with Crippen LogP contribution in [0.1, 0.15) is 65.2 Å². The summed E-state index contributed by atoms with van der Waals surface area (Å²) in [7, 11) is -1.67. The van der Waals surface area contributed by atoms with Crippen LogP contribution in [0.5, 0.6) is 0 Å². The van der Waals surface area contributed by atoms with Crippen LogP contribution in [0.25, 0.3) is 0 Å². The van der Waals surface area contributed by atoms with Crippen molar-refractivity contribution in [1.29, 1.82) is 0 Å². The van der Waals surface area contributed by atoms with E-state index in [0.717, 1.165) is 19.6 Å². The largest absolute Gasteiger partial charge is 0.353 e. The number of hydrogen-bond acceptors (Lipinski definition) is 2. The minimum absolute atomic E-state index is 0.0175. The molecule has 0 bridgehead atoms. The van der Waals surface area contributed by atoms with Crippen LogP contribution in [0.15, 0.2) is 91.0 Å². The summed E-state index contributed by atoms with van der Waals surface area (Å²) in [4.78, 5) is 0. The molecule has 0 aliphatic carbocycles. The van der Waals surface area contributed by atoms with Gasteiger partial charge in [0, 0.05) is 13.2 Å². The van der Waals surface area contributed by atoms with Gasteiger partial charge in [-0.25, -0.2) is 0 Å². The van der Waals surface area contributed by atoms with Crippen LogP contribution in [-0.2, 0) is 9.47 Å². The molecule has 0 spiro atoms. The molecule has 0 fully saturated rings. The van der Waals surface area contributed by atoms with Gasteiger partial charge in [0.2, 0.25) is 0 Å². The van der Waals surface area contributed by atoms with Crippen LogP contribution in [0.3, 0.4) is 0 Å². The molecule has 0 N–H and O–H groups in total. The zero-order valence-electron chi connectivity index (χ0n) is 21.8. The molecule has 0 aromatic heterocycles. The summed E-state index contributed by atoms with van der Waals surface area (Å²) in [5, 5.41) is 4.49. The van der Waals surface area contributed by atoms with Crippen LogP contribution in [-0.4, -0.2) is 25.7 Å². The lowest BCUT2D eigenvalue weighted by atomic mass is 10.1. The molecule has 0 amide bonds. The van der Waals surface area contributed by atoms with Crippen LogP contribution in [0, 0.1) is 0 Å². The Kier molecular flexibility index (Phi) is 12.5. The minimum Gasteiger partial charge on any atom is -0.353 e. The van der Waals surface area contributed by atoms with E-state index in [0.29, 0.717) is 0 Å². The molecule has 0 heterocycles. The molecular weight excluding hydrogens is 447 g/mol. The van der Waals surface area contributed by atoms with E-state index in [-0.39, 0.29) is 6.29 Å². The molecule has 0 radical (unpaired) electrons. The lowest BCUT2D eigenvalue weighted by molar-refractivity contribution is -0.140. The first kappa shape index (κ1) is 27.6. The van der Waals surface area contributed by atoms with Crippen molar-refractivity contribution in [3.63, 3.8) is 0 Å². The Labute approximate surface area is 214 Å². The number of hydrogen-bond donors (Lipinski definition) is 0. The van der Waals surface area contributed by atoms with Gasteiger partial charge in [0.25, 0.3) is 0 Å². The van der Waals surface area contributed by atoms with E-state index in [2.05, 4.69) is 91.0 Å². The number of rotatable bonds is 17. The lowest BCUT2D eigenvalue weighted by Gasteiger charge is -2.27. The maximum atomic E-state index is 5.66. The zero-order chi connectivity index (χ0) is 24.6. The van der Waals surface area contributed by atoms with Gasteiger partial charge in [-0.3, -0.25) is 0 Å². The maximum Gasteiger partial charge on any atom is 0.157 e. The molecule has 3 aromatic carbocycles. The molecule has 0 saturated heterocycles. The summed E-state index contributed by atoms with van der Waals surface area (Å²) in [5.41, 5.74) is 0. The van der Waals surface area contributed by atoms with Gasteiger partial charge in [-0.2, -0.15) is 0 Å². The van der Waals surface area contributed by atoms with Gasteiger partial charge in [-0.1, -0.05) is 80.3 Å². The summed E-state index contributed by atoms with van der Waals surface area (Å²) in [6.45, 7) is 5.53. The third-order valence-corrected chi connectivity index (χ3v) is 11.3. The second kappa shape index (κ2) is 15.9. The molecule has 0 saturated carbocycles. The van der Waals surface area contributed by atoms with Crippen molar-refractivity contribution in [2.75, 3.05) is 19.4 Å². The number of benzene rings is 3. The molecule has 188 valence electrons. The summed E-state index contributed by atoms with van der Waals surface area (Å²) in [6.07, 6.45) is 11.2. The maximum absolute atomic E-state index is 5.66. The standard InChI is InChI=1S/C32H44O2P/c1-3-33-32(34-4-2)27-19-8-6-5-7-9-20-28-35(29-21-13-10-14-22-29,30-23-15-11-16-24-30)31-25-17-12-18-26-31/h10-18,21-26,32H,3-9,19-20,27-28H2,1-2H3/q+1. The molecule has 2 nitrogen and oxygen atoms in total. The molecule has 3 heteroatoms. The van der Waals surface area contributed by atoms with Crippen molar-refractivity contribution in [2.24, 2.45) is 0 Å². The minimum atomic E-state index is -1.67. The Morgan fingerprint density at radius 3 is 1.29 bits per heavy atom. The average molecular weight is 492 g/mol. The second-order valence-corrected chi connectivity index (χ2v) is 12.8. The SMILES string of the molecule is CCOC(CCCCCCCCC[P+](c1ccccc1)(c1ccccc1)c1ccccc1)OCC. The molecule has 3 rings (SSSR count). The van der Waals surface area contributed by atoms with Crippen molar-refractivity contribution >= 4 is 23.2 Å². The van der Waals surface area contributed by atoms with Crippen LogP contribution in [0.2, 0.25) is 0 Å². The van der Waals surface area contributed by atoms with Gasteiger partial charge in [-0.05, 0) is 75.9 Å². The van der Waals surface area contributed by atoms with E-state index < -0.39 is 7.26 Å². The number of ether oxygens (including phenoxy) is 2. The number of unbranched alkanes of at least 4 members (excludes halogenated alkanes) is 6. The fourth-order valence-corrected chi connectivity index (χ4v) is 9.42. The van der Waals surface area contributed by atoms with E-state index in [9.17, 15) is 0 Å². The molecule has 0 aliphatic heterocycles. The van der Waals surface area contributed by atoms with E-state index in [1.54, 1.807) is 0 Å². The smallest absolute Gasteiger partial charge is 0.157 e. The van der Waals surface area contributed by atoms with Gasteiger partial charge in [-0.15, -0.1) is 0 Å². The monoisotopic (exact) mass is 491 g/mol. The molecular formula is C32H44O2P+. The lowest BCUT2D eigenvalue weighted by Crippen LogP contribution is -2.33. The van der Waals surface area contributed by atoms with E-state index in [1.807, 2.05) is 13.8 Å². The van der Waals surface area contributed by atoms with Gasteiger partial charge in [0.05, 0.1) is 6.16 Å². The Bertz CT molecular complexity index is 811. The quantitative estimate of drug-likeness (QED) is 0.111. The predicted octanol–water partition coefficient (Wildman–Crippen LogP) is 7.50. The van der Waals surface area contributed by atoms with Crippen molar-refractivity contribution in [3.05, 3.63) is 91.0 Å². The Balaban J connectivity index is 1.57. The van der Waals surface area contributed by atoms with Crippen molar-refractivity contribution in [1.82, 2.24) is 0 Å². The topological polar surface area (TPSA) is 18.5 Å². The van der Waals surface area contributed by atoms with Gasteiger partial charge < -0.3 is 9.47 Å². The van der Waals surface area contributed by atoms with Crippen molar-refractivity contribution in [3.8, 4) is 0 Å². The van der Waals surface area contributed by atoms with Gasteiger partial charge in [0.1, 0.15) is 23.2 Å². The van der Waals surface area contributed by atoms with Gasteiger partial charge >= 0.3 is 0 Å². The first-order valence-electron chi connectivity index (χ1n) is 13.6. The summed E-state index contributed by atoms with van der Waals surface area (Å²) in [6, 6.07) is 33.8. The highest BCUT2D eigenvalue weighted by Crippen LogP contribution is 2.55. The second-order valence-electron chi connectivity index (χ2n) is 9.14. The van der Waals surface area contributed by atoms with Gasteiger partial charge in [0.15, 0.2) is 6.29 Å². The van der Waals surface area contributed by atoms with Crippen molar-refractivity contribution in [2.45, 2.75) is 71.5 Å². The van der Waals surface area contributed by atoms with E-state index >= 15 is 0 Å². The highest BCUT2D eigenvalue weighted by molar-refractivity contribution is 7.95. The predicted molar refractivity (Wildman–Crippen MR) is 154 cm³/mol. The average Bonchev–Trinajstić information content (AvgIpc) is 2.92. The fraction of sp³-hybridized carbons (Fsp3) is 0.438. The Hall–Kier alpha value is -1.99. The first-order chi connectivity index (χ1) is 17.3. The highest BCUT2D eigenvalue weighted by atomic mass is 31.2. The normalized spacial score (nSPS) is 11.7.